The topological polar surface area (TPSA) is 40.5 Å². The molecule has 0 spiro atoms. The summed E-state index contributed by atoms with van der Waals surface area (Å²) in [5.74, 6) is 2.07. The zero-order valence-electron chi connectivity index (χ0n) is 10.7. The van der Waals surface area contributed by atoms with Gasteiger partial charge in [-0.3, -0.25) is 9.69 Å². The molecule has 1 aromatic rings. The van der Waals surface area contributed by atoms with Crippen molar-refractivity contribution in [1.29, 1.82) is 0 Å². The maximum absolute atomic E-state index is 10.7. The Bertz CT molecular complexity index is 408. The van der Waals surface area contributed by atoms with Crippen LogP contribution in [0.1, 0.15) is 24.8 Å². The van der Waals surface area contributed by atoms with Gasteiger partial charge in [0.05, 0.1) is 13.1 Å². The number of carboxylic acid groups (broad SMARTS) is 1. The zero-order chi connectivity index (χ0) is 13.4. The van der Waals surface area contributed by atoms with Crippen molar-refractivity contribution >= 4 is 5.97 Å². The first-order chi connectivity index (χ1) is 8.63. The Labute approximate surface area is 108 Å². The van der Waals surface area contributed by atoms with E-state index in [4.69, 9.17) is 11.5 Å². The van der Waals surface area contributed by atoms with E-state index in [1.165, 1.54) is 5.56 Å². The molecule has 0 aliphatic heterocycles. The van der Waals surface area contributed by atoms with Crippen LogP contribution in [0.2, 0.25) is 0 Å². The Kier molecular flexibility index (Phi) is 5.96. The normalized spacial score (nSPS) is 12.1. The summed E-state index contributed by atoms with van der Waals surface area (Å²) < 4.78 is 0. The highest BCUT2D eigenvalue weighted by atomic mass is 16.4. The quantitative estimate of drug-likeness (QED) is 0.749. The van der Waals surface area contributed by atoms with Gasteiger partial charge in [-0.15, -0.1) is 6.42 Å². The molecule has 0 saturated heterocycles. The van der Waals surface area contributed by atoms with Gasteiger partial charge in [-0.25, -0.2) is 0 Å². The average Bonchev–Trinajstić information content (AvgIpc) is 2.36. The lowest BCUT2D eigenvalue weighted by atomic mass is 9.98. The molecule has 0 radical (unpaired) electrons. The molecular formula is C15H19NO2. The minimum absolute atomic E-state index is 0.00566. The fraction of sp³-hybridized carbons (Fsp3) is 0.400. The van der Waals surface area contributed by atoms with Gasteiger partial charge in [0.15, 0.2) is 0 Å². The van der Waals surface area contributed by atoms with E-state index in [0.717, 1.165) is 6.42 Å². The molecule has 1 rings (SSSR count). The van der Waals surface area contributed by atoms with Crippen molar-refractivity contribution < 1.29 is 9.90 Å². The van der Waals surface area contributed by atoms with Gasteiger partial charge in [0.2, 0.25) is 0 Å². The van der Waals surface area contributed by atoms with Crippen molar-refractivity contribution in [3.63, 3.8) is 0 Å². The van der Waals surface area contributed by atoms with Crippen molar-refractivity contribution in [2.75, 3.05) is 19.6 Å². The van der Waals surface area contributed by atoms with Crippen LogP contribution in [0.5, 0.6) is 0 Å². The van der Waals surface area contributed by atoms with Crippen molar-refractivity contribution in [1.82, 2.24) is 4.90 Å². The van der Waals surface area contributed by atoms with Crippen molar-refractivity contribution in [3.05, 3.63) is 35.9 Å². The van der Waals surface area contributed by atoms with Crippen molar-refractivity contribution in [2.45, 2.75) is 19.3 Å². The van der Waals surface area contributed by atoms with Crippen LogP contribution in [-0.4, -0.2) is 35.6 Å². The molecule has 1 aromatic carbocycles. The van der Waals surface area contributed by atoms with E-state index in [0.29, 0.717) is 19.0 Å². The molecule has 0 aliphatic carbocycles. The molecule has 1 N–H and O–H groups in total. The summed E-state index contributed by atoms with van der Waals surface area (Å²) in [6.45, 7) is 3.23. The molecule has 3 heteroatoms. The van der Waals surface area contributed by atoms with Crippen LogP contribution in [0.3, 0.4) is 0 Å². The lowest BCUT2D eigenvalue weighted by Gasteiger charge is -2.20. The van der Waals surface area contributed by atoms with Crippen LogP contribution in [0, 0.1) is 12.3 Å². The first-order valence-electron chi connectivity index (χ1n) is 6.06. The minimum Gasteiger partial charge on any atom is -0.480 e. The fourth-order valence-electron chi connectivity index (χ4n) is 1.86. The molecule has 0 bridgehead atoms. The Hall–Kier alpha value is -1.79. The second kappa shape index (κ2) is 7.52. The first kappa shape index (κ1) is 14.3. The van der Waals surface area contributed by atoms with Crippen molar-refractivity contribution in [2.24, 2.45) is 0 Å². The van der Waals surface area contributed by atoms with Gasteiger partial charge in [0.1, 0.15) is 0 Å². The number of hydrogen-bond acceptors (Lipinski definition) is 2. The van der Waals surface area contributed by atoms with E-state index in [2.05, 4.69) is 25.0 Å². The molecule has 0 saturated carbocycles. The molecule has 3 nitrogen and oxygen atoms in total. The molecule has 0 aromatic heterocycles. The highest BCUT2D eigenvalue weighted by Gasteiger charge is 2.11. The van der Waals surface area contributed by atoms with Gasteiger partial charge in [-0.2, -0.15) is 0 Å². The minimum atomic E-state index is -0.836. The van der Waals surface area contributed by atoms with E-state index < -0.39 is 5.97 Å². The van der Waals surface area contributed by atoms with E-state index in [1.807, 2.05) is 18.2 Å². The maximum Gasteiger partial charge on any atom is 0.317 e. The predicted octanol–water partition coefficient (Wildman–Crippen LogP) is 2.20. The van der Waals surface area contributed by atoms with E-state index >= 15 is 0 Å². The largest absolute Gasteiger partial charge is 0.480 e. The average molecular weight is 245 g/mol. The lowest BCUT2D eigenvalue weighted by molar-refractivity contribution is -0.138. The number of aliphatic carboxylic acids is 1. The van der Waals surface area contributed by atoms with Crippen LogP contribution >= 0.6 is 0 Å². The van der Waals surface area contributed by atoms with Crippen LogP contribution in [0.15, 0.2) is 30.3 Å². The highest BCUT2D eigenvalue weighted by Crippen LogP contribution is 2.18. The fourth-order valence-corrected chi connectivity index (χ4v) is 1.86. The van der Waals surface area contributed by atoms with Crippen LogP contribution in [0.4, 0.5) is 0 Å². The molecule has 0 amide bonds. The molecule has 1 atom stereocenters. The Morgan fingerprint density at radius 3 is 2.67 bits per heavy atom. The third kappa shape index (κ3) is 5.03. The standard InChI is InChI=1S/C15H19NO2/c1-3-10-16(12-15(17)18)11-9-13(2)14-7-5-4-6-8-14/h1,4-8,13H,9-12H2,2H3,(H,17,18). The first-order valence-corrected chi connectivity index (χ1v) is 6.06. The van der Waals surface area contributed by atoms with E-state index in [1.54, 1.807) is 4.90 Å². The number of carboxylic acids is 1. The van der Waals surface area contributed by atoms with Gasteiger partial charge in [0, 0.05) is 6.54 Å². The van der Waals surface area contributed by atoms with Gasteiger partial charge in [-0.05, 0) is 17.9 Å². The molecule has 0 heterocycles. The molecule has 0 fully saturated rings. The van der Waals surface area contributed by atoms with E-state index in [9.17, 15) is 4.79 Å². The monoisotopic (exact) mass is 245 g/mol. The lowest BCUT2D eigenvalue weighted by Crippen LogP contribution is -2.31. The van der Waals surface area contributed by atoms with Gasteiger partial charge in [-0.1, -0.05) is 43.2 Å². The maximum atomic E-state index is 10.7. The molecule has 1 unspecified atom stereocenters. The Morgan fingerprint density at radius 2 is 2.11 bits per heavy atom. The highest BCUT2D eigenvalue weighted by molar-refractivity contribution is 5.69. The molecule has 96 valence electrons. The van der Waals surface area contributed by atoms with Gasteiger partial charge >= 0.3 is 5.97 Å². The summed E-state index contributed by atoms with van der Waals surface area (Å²) in [6.07, 6.45) is 6.14. The van der Waals surface area contributed by atoms with Crippen LogP contribution in [0.25, 0.3) is 0 Å². The number of hydrogen-bond donors (Lipinski definition) is 1. The number of terminal acetylenes is 1. The summed E-state index contributed by atoms with van der Waals surface area (Å²) in [5, 5.41) is 8.78. The number of rotatable bonds is 7. The second-order valence-electron chi connectivity index (χ2n) is 4.41. The third-order valence-electron chi connectivity index (χ3n) is 2.92. The molecule has 18 heavy (non-hydrogen) atoms. The molecular weight excluding hydrogens is 226 g/mol. The van der Waals surface area contributed by atoms with E-state index in [-0.39, 0.29) is 6.54 Å². The zero-order valence-corrected chi connectivity index (χ0v) is 10.7. The summed E-state index contributed by atoms with van der Waals surface area (Å²) in [5.41, 5.74) is 1.27. The summed E-state index contributed by atoms with van der Waals surface area (Å²) in [7, 11) is 0. The van der Waals surface area contributed by atoms with Crippen molar-refractivity contribution in [3.8, 4) is 12.3 Å². The molecule has 0 aliphatic rings. The van der Waals surface area contributed by atoms with Gasteiger partial charge in [0.25, 0.3) is 0 Å². The predicted molar refractivity (Wildman–Crippen MR) is 72.4 cm³/mol. The second-order valence-corrected chi connectivity index (χ2v) is 4.41. The van der Waals surface area contributed by atoms with Gasteiger partial charge < -0.3 is 5.11 Å². The summed E-state index contributed by atoms with van der Waals surface area (Å²) in [4.78, 5) is 12.5. The number of benzene rings is 1. The number of nitrogens with zero attached hydrogens (tertiary/aromatic N) is 1. The van der Waals surface area contributed by atoms with Crippen LogP contribution < -0.4 is 0 Å². The summed E-state index contributed by atoms with van der Waals surface area (Å²) in [6, 6.07) is 10.2. The Morgan fingerprint density at radius 1 is 1.44 bits per heavy atom. The number of carbonyl (C=O) groups is 1. The Balaban J connectivity index is 2.47. The SMILES string of the molecule is C#CCN(CCC(C)c1ccccc1)CC(=O)O. The van der Waals surface area contributed by atoms with Crippen LogP contribution in [-0.2, 0) is 4.79 Å². The third-order valence-corrected chi connectivity index (χ3v) is 2.92. The summed E-state index contributed by atoms with van der Waals surface area (Å²) >= 11 is 0. The smallest absolute Gasteiger partial charge is 0.317 e.